The molecule has 2 unspecified atom stereocenters. The van der Waals surface area contributed by atoms with Crippen LogP contribution in [-0.4, -0.2) is 39.3 Å². The van der Waals surface area contributed by atoms with Gasteiger partial charge in [0.25, 0.3) is 0 Å². The van der Waals surface area contributed by atoms with Crippen molar-refractivity contribution >= 4 is 17.3 Å². The Bertz CT molecular complexity index is 447. The molecule has 0 aromatic carbocycles. The number of halogens is 1. The maximum absolute atomic E-state index is 10.6. The van der Waals surface area contributed by atoms with Crippen molar-refractivity contribution in [2.45, 2.75) is 5.85 Å². The molecule has 2 atom stereocenters. The van der Waals surface area contributed by atoms with E-state index in [0.717, 1.165) is 12.7 Å². The Kier molecular flexibility index (Phi) is 1.63. The van der Waals surface area contributed by atoms with Crippen LogP contribution in [0.15, 0.2) is 6.20 Å². The number of aromatic nitrogens is 2. The molecule has 0 N–H and O–H groups in total. The van der Waals surface area contributed by atoms with Crippen molar-refractivity contribution < 1.29 is 9.66 Å². The lowest BCUT2D eigenvalue weighted by molar-refractivity contribution is -0.384. The molecule has 7 nitrogen and oxygen atoms in total. The van der Waals surface area contributed by atoms with Gasteiger partial charge < -0.3 is 4.74 Å². The summed E-state index contributed by atoms with van der Waals surface area (Å²) in [4.78, 5) is 12.0. The number of hydrogen-bond acceptors (Lipinski definition) is 5. The van der Waals surface area contributed by atoms with Crippen molar-refractivity contribution in [2.75, 3.05) is 19.7 Å². The van der Waals surface area contributed by atoms with Gasteiger partial charge in [0.1, 0.15) is 6.20 Å². The third-order valence-corrected chi connectivity index (χ3v) is 3.06. The van der Waals surface area contributed by atoms with Crippen molar-refractivity contribution in [3.05, 3.63) is 21.5 Å². The minimum atomic E-state index is -0.647. The first kappa shape index (κ1) is 9.08. The van der Waals surface area contributed by atoms with Gasteiger partial charge in [-0.1, -0.05) is 11.6 Å². The summed E-state index contributed by atoms with van der Waals surface area (Å²) in [7, 11) is 0. The smallest absolute Gasteiger partial charge is 0.326 e. The molecule has 2 fully saturated rings. The molecule has 15 heavy (non-hydrogen) atoms. The molecule has 8 heteroatoms. The number of rotatable bonds is 2. The second-order valence-corrected chi connectivity index (χ2v) is 3.86. The maximum Gasteiger partial charge on any atom is 0.326 e. The van der Waals surface area contributed by atoms with E-state index in [1.165, 1.54) is 4.68 Å². The minimum absolute atomic E-state index is 0.0180. The Morgan fingerprint density at radius 1 is 1.73 bits per heavy atom. The summed E-state index contributed by atoms with van der Waals surface area (Å²) in [5.74, 6) is -0.647. The molecule has 0 radical (unpaired) electrons. The zero-order valence-electron chi connectivity index (χ0n) is 7.59. The SMILES string of the molecule is O=[N+]([O-])c1cnn(C23CN2CCO3)c1Cl. The van der Waals surface area contributed by atoms with Crippen molar-refractivity contribution in [1.29, 1.82) is 0 Å². The maximum atomic E-state index is 10.6. The number of morpholine rings is 1. The topological polar surface area (TPSA) is 73.2 Å². The Labute approximate surface area is 89.3 Å². The van der Waals surface area contributed by atoms with Crippen LogP contribution in [0.1, 0.15) is 0 Å². The highest BCUT2D eigenvalue weighted by molar-refractivity contribution is 6.31. The summed E-state index contributed by atoms with van der Waals surface area (Å²) in [6.07, 6.45) is 1.15. The minimum Gasteiger partial charge on any atom is -0.339 e. The molecule has 3 heterocycles. The average molecular weight is 231 g/mol. The quantitative estimate of drug-likeness (QED) is 0.418. The first-order valence-corrected chi connectivity index (χ1v) is 4.80. The molecule has 1 aromatic rings. The van der Waals surface area contributed by atoms with E-state index in [9.17, 15) is 10.1 Å². The molecule has 0 amide bonds. The highest BCUT2D eigenvalue weighted by Gasteiger charge is 2.61. The largest absolute Gasteiger partial charge is 0.339 e. The molecule has 2 aliphatic heterocycles. The second-order valence-electron chi connectivity index (χ2n) is 3.50. The highest BCUT2D eigenvalue weighted by Crippen LogP contribution is 2.45. The number of ether oxygens (including phenoxy) is 1. The third kappa shape index (κ3) is 1.05. The molecule has 0 aliphatic carbocycles. The van der Waals surface area contributed by atoms with Gasteiger partial charge in [-0.25, -0.2) is 4.90 Å². The first-order chi connectivity index (χ1) is 7.15. The Morgan fingerprint density at radius 2 is 2.53 bits per heavy atom. The molecule has 2 saturated heterocycles. The van der Waals surface area contributed by atoms with Crippen LogP contribution in [0.4, 0.5) is 5.69 Å². The van der Waals surface area contributed by atoms with Gasteiger partial charge in [-0.05, 0) is 0 Å². The van der Waals surface area contributed by atoms with Gasteiger partial charge in [-0.2, -0.15) is 9.78 Å². The van der Waals surface area contributed by atoms with Gasteiger partial charge in [0.15, 0.2) is 0 Å². The molecular formula is C7H7ClN4O3. The summed E-state index contributed by atoms with van der Waals surface area (Å²) < 4.78 is 6.87. The third-order valence-electron chi connectivity index (χ3n) is 2.70. The lowest BCUT2D eigenvalue weighted by atomic mass is 10.6. The zero-order valence-corrected chi connectivity index (χ0v) is 8.35. The van der Waals surface area contributed by atoms with E-state index in [-0.39, 0.29) is 10.8 Å². The molecule has 0 bridgehead atoms. The Hall–Kier alpha value is -1.18. The van der Waals surface area contributed by atoms with Crippen LogP contribution in [0.25, 0.3) is 0 Å². The van der Waals surface area contributed by atoms with E-state index in [4.69, 9.17) is 16.3 Å². The fourth-order valence-corrected chi connectivity index (χ4v) is 2.17. The average Bonchev–Trinajstić information content (AvgIpc) is 2.59. The first-order valence-electron chi connectivity index (χ1n) is 4.42. The predicted molar refractivity (Wildman–Crippen MR) is 49.4 cm³/mol. The molecule has 0 saturated carbocycles. The summed E-state index contributed by atoms with van der Waals surface area (Å²) in [5, 5.41) is 14.5. The fourth-order valence-electron chi connectivity index (χ4n) is 1.88. The van der Waals surface area contributed by atoms with Crippen LogP contribution < -0.4 is 0 Å². The highest BCUT2D eigenvalue weighted by atomic mass is 35.5. The van der Waals surface area contributed by atoms with E-state index >= 15 is 0 Å². The molecule has 2 aliphatic rings. The van der Waals surface area contributed by atoms with Crippen molar-refractivity contribution in [2.24, 2.45) is 0 Å². The van der Waals surface area contributed by atoms with Gasteiger partial charge in [0.2, 0.25) is 11.0 Å². The van der Waals surface area contributed by atoms with E-state index in [0.29, 0.717) is 13.2 Å². The van der Waals surface area contributed by atoms with Crippen LogP contribution in [-0.2, 0) is 10.6 Å². The van der Waals surface area contributed by atoms with Crippen LogP contribution in [0.5, 0.6) is 0 Å². The molecule has 80 valence electrons. The van der Waals surface area contributed by atoms with Crippen molar-refractivity contribution in [3.63, 3.8) is 0 Å². The Morgan fingerprint density at radius 3 is 3.00 bits per heavy atom. The van der Waals surface area contributed by atoms with Gasteiger partial charge in [-0.3, -0.25) is 10.1 Å². The fraction of sp³-hybridized carbons (Fsp3) is 0.571. The van der Waals surface area contributed by atoms with E-state index in [1.807, 2.05) is 4.90 Å². The second kappa shape index (κ2) is 2.69. The number of nitrogens with zero attached hydrogens (tertiary/aromatic N) is 4. The molecule has 1 aromatic heterocycles. The lowest BCUT2D eigenvalue weighted by Crippen LogP contribution is -2.23. The van der Waals surface area contributed by atoms with Gasteiger partial charge in [0.05, 0.1) is 18.1 Å². The summed E-state index contributed by atoms with van der Waals surface area (Å²) in [6.45, 7) is 2.10. The van der Waals surface area contributed by atoms with Crippen molar-refractivity contribution in [3.8, 4) is 0 Å². The standard InChI is InChI=1S/C7H7ClN4O3/c8-6-5(12(13)14)3-9-11(6)7-4-10(7)1-2-15-7/h3H,1-2,4H2. The van der Waals surface area contributed by atoms with Crippen LogP contribution in [0.3, 0.4) is 0 Å². The van der Waals surface area contributed by atoms with Gasteiger partial charge >= 0.3 is 5.69 Å². The van der Waals surface area contributed by atoms with E-state index < -0.39 is 10.8 Å². The van der Waals surface area contributed by atoms with Crippen LogP contribution in [0.2, 0.25) is 5.15 Å². The normalized spacial score (nSPS) is 32.7. The lowest BCUT2D eigenvalue weighted by Gasteiger charge is -2.11. The molecular weight excluding hydrogens is 224 g/mol. The summed E-state index contributed by atoms with van der Waals surface area (Å²) >= 11 is 5.87. The van der Waals surface area contributed by atoms with Crippen LogP contribution in [0, 0.1) is 10.1 Å². The van der Waals surface area contributed by atoms with Crippen molar-refractivity contribution in [1.82, 2.24) is 14.7 Å². The molecule has 0 spiro atoms. The number of fused-ring (bicyclic) bond motifs is 1. The summed E-state index contributed by atoms with van der Waals surface area (Å²) in [5.41, 5.74) is -0.187. The summed E-state index contributed by atoms with van der Waals surface area (Å²) in [6, 6.07) is 0. The van der Waals surface area contributed by atoms with Gasteiger partial charge in [-0.15, -0.1) is 0 Å². The number of hydrogen-bond donors (Lipinski definition) is 0. The van der Waals surface area contributed by atoms with Crippen LogP contribution >= 0.6 is 11.6 Å². The predicted octanol–water partition coefficient (Wildman–Crippen LogP) is 0.401. The van der Waals surface area contributed by atoms with Gasteiger partial charge in [0, 0.05) is 6.54 Å². The van der Waals surface area contributed by atoms with E-state index in [1.54, 1.807) is 0 Å². The monoisotopic (exact) mass is 230 g/mol. The number of nitro groups is 1. The molecule has 3 rings (SSSR count). The van der Waals surface area contributed by atoms with E-state index in [2.05, 4.69) is 5.10 Å². The zero-order chi connectivity index (χ0) is 10.6. The Balaban J connectivity index is 2.03.